The molecule has 0 aliphatic heterocycles. The minimum atomic E-state index is -0.851. The second-order valence-corrected chi connectivity index (χ2v) is 7.54. The fourth-order valence-corrected chi connectivity index (χ4v) is 5.82. The second-order valence-electron chi connectivity index (χ2n) is 7.54. The summed E-state index contributed by atoms with van der Waals surface area (Å²) in [6, 6.07) is 0. The smallest absolute Gasteiger partial charge is 0.354 e. The molecular formula is C13H21BNO2. The molecule has 4 fully saturated rings. The monoisotopic (exact) mass is 234 g/mol. The van der Waals surface area contributed by atoms with Gasteiger partial charge in [0.2, 0.25) is 0 Å². The molecule has 4 bridgehead atoms. The first-order valence-corrected chi connectivity index (χ1v) is 6.66. The van der Waals surface area contributed by atoms with E-state index in [0.717, 1.165) is 18.8 Å². The molecule has 3 nitrogen and oxygen atoms in total. The Hall–Kier alpha value is -0.505. The van der Waals surface area contributed by atoms with Gasteiger partial charge in [0.15, 0.2) is 0 Å². The SMILES string of the molecule is CC12CC3CC(C)(C1)CC(N[B]C(=O)O)(C3)C2. The van der Waals surface area contributed by atoms with Gasteiger partial charge in [-0.1, -0.05) is 13.8 Å². The Balaban J connectivity index is 1.84. The molecule has 0 aromatic heterocycles. The molecule has 0 spiro atoms. The highest BCUT2D eigenvalue weighted by Gasteiger charge is 2.59. The summed E-state index contributed by atoms with van der Waals surface area (Å²) in [5, 5.41) is 12.1. The number of carbonyl (C=O) groups is 1. The normalized spacial score (nSPS) is 51.5. The van der Waals surface area contributed by atoms with E-state index in [0.29, 0.717) is 10.8 Å². The zero-order valence-corrected chi connectivity index (χ0v) is 10.8. The van der Waals surface area contributed by atoms with E-state index in [-0.39, 0.29) is 5.54 Å². The van der Waals surface area contributed by atoms with Crippen LogP contribution in [0.4, 0.5) is 4.79 Å². The summed E-state index contributed by atoms with van der Waals surface area (Å²) in [5.74, 6) is -0.0491. The van der Waals surface area contributed by atoms with Crippen LogP contribution in [0.25, 0.3) is 0 Å². The van der Waals surface area contributed by atoms with Crippen molar-refractivity contribution in [1.29, 1.82) is 0 Å². The van der Waals surface area contributed by atoms with Crippen LogP contribution in [0, 0.1) is 16.7 Å². The lowest BCUT2D eigenvalue weighted by atomic mass is 9.42. The minimum Gasteiger partial charge on any atom is -0.488 e. The van der Waals surface area contributed by atoms with Crippen molar-refractivity contribution in [3.05, 3.63) is 0 Å². The van der Waals surface area contributed by atoms with Gasteiger partial charge in [0, 0.05) is 5.54 Å². The molecule has 0 aromatic rings. The summed E-state index contributed by atoms with van der Waals surface area (Å²) in [4.78, 5) is 10.7. The van der Waals surface area contributed by atoms with E-state index in [2.05, 4.69) is 19.1 Å². The molecule has 2 unspecified atom stereocenters. The van der Waals surface area contributed by atoms with Gasteiger partial charge in [-0.2, -0.15) is 0 Å². The van der Waals surface area contributed by atoms with Crippen LogP contribution in [0.1, 0.15) is 52.4 Å². The highest BCUT2D eigenvalue weighted by Crippen LogP contribution is 2.66. The molecule has 2 atom stereocenters. The van der Waals surface area contributed by atoms with Crippen molar-refractivity contribution in [2.75, 3.05) is 0 Å². The van der Waals surface area contributed by atoms with Crippen LogP contribution in [-0.4, -0.2) is 23.9 Å². The zero-order valence-electron chi connectivity index (χ0n) is 10.8. The number of nitrogens with one attached hydrogen (secondary N) is 1. The van der Waals surface area contributed by atoms with Gasteiger partial charge >= 0.3 is 7.41 Å². The maximum absolute atomic E-state index is 10.7. The summed E-state index contributed by atoms with van der Waals surface area (Å²) in [6.07, 6.45) is 7.49. The summed E-state index contributed by atoms with van der Waals surface area (Å²) in [6.45, 7) is 4.79. The van der Waals surface area contributed by atoms with Crippen LogP contribution in [-0.2, 0) is 0 Å². The van der Waals surface area contributed by atoms with Crippen LogP contribution < -0.4 is 5.23 Å². The lowest BCUT2D eigenvalue weighted by molar-refractivity contribution is -0.110. The standard InChI is InChI=1S/C13H21BNO2/c1-11-3-9-4-12(2,6-11)8-13(5-9,7-11)15-14-10(16)17/h9,15H,3-8H2,1-2H3,(H,16,17). The van der Waals surface area contributed by atoms with Crippen molar-refractivity contribution in [2.45, 2.75) is 57.9 Å². The van der Waals surface area contributed by atoms with Crippen molar-refractivity contribution in [2.24, 2.45) is 16.7 Å². The highest BCUT2D eigenvalue weighted by atomic mass is 16.4. The molecule has 4 aliphatic carbocycles. The fourth-order valence-electron chi connectivity index (χ4n) is 5.82. The van der Waals surface area contributed by atoms with E-state index >= 15 is 0 Å². The Morgan fingerprint density at radius 3 is 2.24 bits per heavy atom. The van der Waals surface area contributed by atoms with Crippen LogP contribution in [0.5, 0.6) is 0 Å². The molecule has 93 valence electrons. The third-order valence-electron chi connectivity index (χ3n) is 5.13. The lowest BCUT2D eigenvalue weighted by Gasteiger charge is -2.65. The molecule has 0 heterocycles. The third-order valence-corrected chi connectivity index (χ3v) is 5.13. The van der Waals surface area contributed by atoms with Gasteiger partial charge in [-0.05, 0) is 55.3 Å². The van der Waals surface area contributed by atoms with Crippen LogP contribution in [0.3, 0.4) is 0 Å². The summed E-state index contributed by atoms with van der Waals surface area (Å²) in [5.41, 5.74) is 0.947. The van der Waals surface area contributed by atoms with Crippen molar-refractivity contribution in [1.82, 2.24) is 5.23 Å². The van der Waals surface area contributed by atoms with E-state index in [9.17, 15) is 4.79 Å². The molecule has 17 heavy (non-hydrogen) atoms. The molecule has 0 aromatic carbocycles. The Bertz CT molecular complexity index is 352. The Kier molecular flexibility index (Phi) is 2.24. The average molecular weight is 234 g/mol. The summed E-state index contributed by atoms with van der Waals surface area (Å²) < 4.78 is 0. The molecule has 1 radical (unpaired) electrons. The maximum atomic E-state index is 10.7. The Morgan fingerprint density at radius 1 is 1.18 bits per heavy atom. The zero-order chi connectivity index (χ0) is 12.3. The van der Waals surface area contributed by atoms with E-state index in [1.807, 2.05) is 0 Å². The summed E-state index contributed by atoms with van der Waals surface area (Å²) >= 11 is 0. The molecule has 4 saturated carbocycles. The van der Waals surface area contributed by atoms with Crippen molar-refractivity contribution in [3.63, 3.8) is 0 Å². The highest BCUT2D eigenvalue weighted by molar-refractivity contribution is 6.69. The van der Waals surface area contributed by atoms with E-state index < -0.39 is 5.87 Å². The van der Waals surface area contributed by atoms with Gasteiger partial charge in [0.25, 0.3) is 5.87 Å². The first-order chi connectivity index (χ1) is 7.82. The first-order valence-electron chi connectivity index (χ1n) is 6.66. The Labute approximate surface area is 104 Å². The van der Waals surface area contributed by atoms with Crippen molar-refractivity contribution >= 4 is 13.3 Å². The van der Waals surface area contributed by atoms with Crippen LogP contribution in [0.15, 0.2) is 0 Å². The third kappa shape index (κ3) is 1.90. The van der Waals surface area contributed by atoms with Crippen LogP contribution >= 0.6 is 0 Å². The molecule has 4 rings (SSSR count). The van der Waals surface area contributed by atoms with Gasteiger partial charge < -0.3 is 10.3 Å². The quantitative estimate of drug-likeness (QED) is 0.738. The van der Waals surface area contributed by atoms with Crippen molar-refractivity contribution in [3.8, 4) is 0 Å². The van der Waals surface area contributed by atoms with Crippen LogP contribution in [0.2, 0.25) is 0 Å². The number of hydrogen-bond acceptors (Lipinski definition) is 2. The minimum absolute atomic E-state index is 0.0707. The number of carboxylic acid groups (broad SMARTS) is 1. The van der Waals surface area contributed by atoms with Gasteiger partial charge in [-0.3, -0.25) is 4.79 Å². The summed E-state index contributed by atoms with van der Waals surface area (Å²) in [7, 11) is 1.26. The van der Waals surface area contributed by atoms with Gasteiger partial charge in [0.1, 0.15) is 0 Å². The maximum Gasteiger partial charge on any atom is 0.354 e. The Morgan fingerprint density at radius 2 is 1.76 bits per heavy atom. The number of rotatable bonds is 3. The first kappa shape index (κ1) is 11.6. The topological polar surface area (TPSA) is 49.3 Å². The van der Waals surface area contributed by atoms with Gasteiger partial charge in [0.05, 0.1) is 0 Å². The van der Waals surface area contributed by atoms with E-state index in [1.54, 1.807) is 0 Å². The molecule has 4 heteroatoms. The molecule has 4 aliphatic rings. The molecule has 0 amide bonds. The van der Waals surface area contributed by atoms with E-state index in [1.165, 1.54) is 33.1 Å². The predicted molar refractivity (Wildman–Crippen MR) is 67.1 cm³/mol. The molecule has 0 saturated heterocycles. The largest absolute Gasteiger partial charge is 0.488 e. The molecule has 2 N–H and O–H groups in total. The fraction of sp³-hybridized carbons (Fsp3) is 0.923. The van der Waals surface area contributed by atoms with Gasteiger partial charge in [-0.15, -0.1) is 0 Å². The lowest BCUT2D eigenvalue weighted by Crippen LogP contribution is -2.65. The average Bonchev–Trinajstić information content (AvgIpc) is 2.08. The molecular weight excluding hydrogens is 213 g/mol. The number of hydrogen-bond donors (Lipinski definition) is 2. The second kappa shape index (κ2) is 3.28. The van der Waals surface area contributed by atoms with Gasteiger partial charge in [-0.25, -0.2) is 0 Å². The van der Waals surface area contributed by atoms with Crippen molar-refractivity contribution < 1.29 is 9.90 Å². The predicted octanol–water partition coefficient (Wildman–Crippen LogP) is 2.62. The van der Waals surface area contributed by atoms with E-state index in [4.69, 9.17) is 5.11 Å².